The lowest BCUT2D eigenvalue weighted by Gasteiger charge is -2.25. The fourth-order valence-corrected chi connectivity index (χ4v) is 1.30. The fraction of sp³-hybridized carbons (Fsp3) is 1.00. The van der Waals surface area contributed by atoms with Gasteiger partial charge in [-0.25, -0.2) is 0 Å². The van der Waals surface area contributed by atoms with Crippen molar-refractivity contribution in [3.8, 4) is 0 Å². The Labute approximate surface area is 87.6 Å². The van der Waals surface area contributed by atoms with E-state index in [0.717, 1.165) is 38.5 Å². The van der Waals surface area contributed by atoms with Crippen molar-refractivity contribution >= 4 is 0 Å². The molecule has 3 heteroatoms. The van der Waals surface area contributed by atoms with E-state index in [2.05, 4.69) is 6.92 Å². The number of unbranched alkanes of at least 4 members (excludes halogenated alkanes) is 3. The maximum absolute atomic E-state index is 8.58. The molecule has 0 saturated heterocycles. The first-order valence-electron chi connectivity index (χ1n) is 5.66. The Bertz CT molecular complexity index is 126. The highest BCUT2D eigenvalue weighted by atomic mass is 16.5. The molecule has 0 heterocycles. The molecule has 0 aliphatic rings. The Kier molecular flexibility index (Phi) is 8.14. The number of hydrogen-bond acceptors (Lipinski definition) is 3. The molecule has 0 aromatic carbocycles. The summed E-state index contributed by atoms with van der Waals surface area (Å²) in [6.45, 7) is 5.07. The Balaban J connectivity index is 3.35. The molecule has 14 heavy (non-hydrogen) atoms. The summed E-state index contributed by atoms with van der Waals surface area (Å²) in [5.41, 5.74) is 5.48. The summed E-state index contributed by atoms with van der Waals surface area (Å²) in [4.78, 5) is 0. The zero-order valence-corrected chi connectivity index (χ0v) is 9.59. The average Bonchev–Trinajstić information content (AvgIpc) is 2.15. The van der Waals surface area contributed by atoms with Crippen LogP contribution < -0.4 is 5.73 Å². The van der Waals surface area contributed by atoms with E-state index < -0.39 is 5.72 Å². The second-order valence-electron chi connectivity index (χ2n) is 4.05. The van der Waals surface area contributed by atoms with Crippen molar-refractivity contribution in [2.24, 2.45) is 5.73 Å². The van der Waals surface area contributed by atoms with E-state index in [1.54, 1.807) is 0 Å². The molecule has 1 atom stereocenters. The highest BCUT2D eigenvalue weighted by Gasteiger charge is 2.17. The van der Waals surface area contributed by atoms with Crippen LogP contribution in [-0.2, 0) is 4.74 Å². The van der Waals surface area contributed by atoms with Gasteiger partial charge in [-0.15, -0.1) is 0 Å². The SMILES string of the molecule is CCCCC(C)(N)OCCCCCO. The first-order valence-corrected chi connectivity index (χ1v) is 5.66. The monoisotopic (exact) mass is 203 g/mol. The summed E-state index contributed by atoms with van der Waals surface area (Å²) in [5.74, 6) is 0. The third-order valence-corrected chi connectivity index (χ3v) is 2.26. The molecule has 0 aromatic rings. The number of hydrogen-bond donors (Lipinski definition) is 2. The molecule has 0 saturated carbocycles. The van der Waals surface area contributed by atoms with Crippen LogP contribution in [-0.4, -0.2) is 24.0 Å². The number of aliphatic hydroxyl groups is 1. The molecule has 3 N–H and O–H groups in total. The standard InChI is InChI=1S/C11H25NO2/c1-3-4-8-11(2,12)14-10-7-5-6-9-13/h13H,3-10,12H2,1-2H3. The maximum atomic E-state index is 8.58. The minimum absolute atomic E-state index is 0.274. The van der Waals surface area contributed by atoms with Crippen LogP contribution in [0, 0.1) is 0 Å². The van der Waals surface area contributed by atoms with Crippen LogP contribution in [0.3, 0.4) is 0 Å². The zero-order chi connectivity index (χ0) is 10.9. The molecule has 0 aliphatic carbocycles. The fourth-order valence-electron chi connectivity index (χ4n) is 1.30. The van der Waals surface area contributed by atoms with E-state index in [4.69, 9.17) is 15.6 Å². The van der Waals surface area contributed by atoms with Gasteiger partial charge in [0.2, 0.25) is 0 Å². The van der Waals surface area contributed by atoms with Crippen LogP contribution in [0.25, 0.3) is 0 Å². The highest BCUT2D eigenvalue weighted by molar-refractivity contribution is 4.65. The molecule has 3 nitrogen and oxygen atoms in total. The van der Waals surface area contributed by atoms with Gasteiger partial charge in [0.15, 0.2) is 0 Å². The molecule has 0 fully saturated rings. The lowest BCUT2D eigenvalue weighted by atomic mass is 10.1. The number of nitrogens with two attached hydrogens (primary N) is 1. The van der Waals surface area contributed by atoms with Crippen LogP contribution in [0.5, 0.6) is 0 Å². The third-order valence-electron chi connectivity index (χ3n) is 2.26. The molecule has 0 aromatic heterocycles. The normalized spacial score (nSPS) is 15.4. The molecular weight excluding hydrogens is 178 g/mol. The first kappa shape index (κ1) is 13.9. The van der Waals surface area contributed by atoms with E-state index in [1.165, 1.54) is 0 Å². The Hall–Kier alpha value is -0.120. The molecule has 0 spiro atoms. The van der Waals surface area contributed by atoms with Crippen LogP contribution in [0.15, 0.2) is 0 Å². The van der Waals surface area contributed by atoms with Gasteiger partial charge in [-0.1, -0.05) is 13.3 Å². The van der Waals surface area contributed by atoms with Gasteiger partial charge in [0.1, 0.15) is 5.72 Å². The van der Waals surface area contributed by atoms with Crippen molar-refractivity contribution < 1.29 is 9.84 Å². The Morgan fingerprint density at radius 2 is 1.93 bits per heavy atom. The minimum Gasteiger partial charge on any atom is -0.396 e. The molecule has 0 amide bonds. The van der Waals surface area contributed by atoms with Gasteiger partial charge < -0.3 is 15.6 Å². The first-order chi connectivity index (χ1) is 6.62. The van der Waals surface area contributed by atoms with Crippen molar-refractivity contribution in [2.45, 2.75) is 58.1 Å². The van der Waals surface area contributed by atoms with E-state index in [9.17, 15) is 0 Å². The van der Waals surface area contributed by atoms with Crippen molar-refractivity contribution in [2.75, 3.05) is 13.2 Å². The van der Waals surface area contributed by atoms with Gasteiger partial charge >= 0.3 is 0 Å². The topological polar surface area (TPSA) is 55.5 Å². The molecule has 0 aliphatic heterocycles. The largest absolute Gasteiger partial charge is 0.396 e. The van der Waals surface area contributed by atoms with Crippen molar-refractivity contribution in [3.05, 3.63) is 0 Å². The van der Waals surface area contributed by atoms with E-state index in [0.29, 0.717) is 6.61 Å². The van der Waals surface area contributed by atoms with Crippen LogP contribution >= 0.6 is 0 Å². The van der Waals surface area contributed by atoms with E-state index >= 15 is 0 Å². The molecular formula is C11H25NO2. The lowest BCUT2D eigenvalue weighted by molar-refractivity contribution is -0.0361. The molecule has 1 unspecified atom stereocenters. The summed E-state index contributed by atoms with van der Waals surface area (Å²) in [5, 5.41) is 8.58. The van der Waals surface area contributed by atoms with E-state index in [1.807, 2.05) is 6.92 Å². The molecule has 0 bridgehead atoms. The average molecular weight is 203 g/mol. The van der Waals surface area contributed by atoms with Crippen molar-refractivity contribution in [3.63, 3.8) is 0 Å². The predicted octanol–water partition coefficient (Wildman–Crippen LogP) is 2.03. The second kappa shape index (κ2) is 8.21. The van der Waals surface area contributed by atoms with Gasteiger partial charge in [0.05, 0.1) is 0 Å². The van der Waals surface area contributed by atoms with E-state index in [-0.39, 0.29) is 6.61 Å². The van der Waals surface area contributed by atoms with Gasteiger partial charge in [0, 0.05) is 13.2 Å². The van der Waals surface area contributed by atoms with Crippen molar-refractivity contribution in [1.82, 2.24) is 0 Å². The highest BCUT2D eigenvalue weighted by Crippen LogP contribution is 2.12. The minimum atomic E-state index is -0.463. The number of aliphatic hydroxyl groups excluding tert-OH is 1. The molecule has 86 valence electrons. The lowest BCUT2D eigenvalue weighted by Crippen LogP contribution is -2.39. The molecule has 0 radical (unpaired) electrons. The van der Waals surface area contributed by atoms with Crippen LogP contribution in [0.1, 0.15) is 52.4 Å². The smallest absolute Gasteiger partial charge is 0.113 e. The maximum Gasteiger partial charge on any atom is 0.113 e. The van der Waals surface area contributed by atoms with Crippen LogP contribution in [0.2, 0.25) is 0 Å². The predicted molar refractivity (Wildman–Crippen MR) is 59.0 cm³/mol. The Morgan fingerprint density at radius 3 is 2.50 bits per heavy atom. The summed E-state index contributed by atoms with van der Waals surface area (Å²) < 4.78 is 5.57. The third kappa shape index (κ3) is 8.48. The second-order valence-corrected chi connectivity index (χ2v) is 4.05. The Morgan fingerprint density at radius 1 is 1.21 bits per heavy atom. The number of ether oxygens (including phenoxy) is 1. The van der Waals surface area contributed by atoms with Gasteiger partial charge in [-0.2, -0.15) is 0 Å². The van der Waals surface area contributed by atoms with Gasteiger partial charge in [0.25, 0.3) is 0 Å². The summed E-state index contributed by atoms with van der Waals surface area (Å²) in [6.07, 6.45) is 6.05. The van der Waals surface area contributed by atoms with Crippen LogP contribution in [0.4, 0.5) is 0 Å². The summed E-state index contributed by atoms with van der Waals surface area (Å²) >= 11 is 0. The zero-order valence-electron chi connectivity index (χ0n) is 9.59. The van der Waals surface area contributed by atoms with Gasteiger partial charge in [-0.3, -0.25) is 0 Å². The quantitative estimate of drug-likeness (QED) is 0.445. The van der Waals surface area contributed by atoms with Crippen molar-refractivity contribution in [1.29, 1.82) is 0 Å². The summed E-state index contributed by atoms with van der Waals surface area (Å²) in [7, 11) is 0. The van der Waals surface area contributed by atoms with Gasteiger partial charge in [-0.05, 0) is 39.0 Å². The number of rotatable bonds is 9. The molecule has 0 rings (SSSR count). The summed E-state index contributed by atoms with van der Waals surface area (Å²) in [6, 6.07) is 0.